The van der Waals surface area contributed by atoms with Gasteiger partial charge in [0.25, 0.3) is 10.2 Å². The number of nitrogens with zero attached hydrogens (tertiary/aromatic N) is 5. The summed E-state index contributed by atoms with van der Waals surface area (Å²) in [5.41, 5.74) is 2.11. The maximum Gasteiger partial charge on any atom is 0.316 e. The second-order valence-electron chi connectivity index (χ2n) is 9.63. The van der Waals surface area contributed by atoms with Crippen molar-refractivity contribution in [3.05, 3.63) is 81.8 Å². The van der Waals surface area contributed by atoms with E-state index in [2.05, 4.69) is 11.2 Å². The number of halogens is 2. The molecule has 2 aromatic carbocycles. The number of rotatable bonds is 6. The van der Waals surface area contributed by atoms with E-state index in [-0.39, 0.29) is 30.6 Å². The van der Waals surface area contributed by atoms with Crippen LogP contribution in [0.15, 0.2) is 53.5 Å². The third-order valence-electron chi connectivity index (χ3n) is 6.96. The lowest BCUT2D eigenvalue weighted by Gasteiger charge is -2.37. The van der Waals surface area contributed by atoms with E-state index in [1.54, 1.807) is 0 Å². The maximum atomic E-state index is 13.9. The van der Waals surface area contributed by atoms with Crippen LogP contribution in [0.25, 0.3) is 5.69 Å². The molecule has 1 aliphatic heterocycles. The molecule has 0 amide bonds. The summed E-state index contributed by atoms with van der Waals surface area (Å²) >= 11 is 0. The first-order valence-electron chi connectivity index (χ1n) is 12.4. The Bertz CT molecular complexity index is 1480. The summed E-state index contributed by atoms with van der Waals surface area (Å²) in [6.07, 6.45) is 3.26. The van der Waals surface area contributed by atoms with Gasteiger partial charge in [-0.1, -0.05) is 24.3 Å². The molecule has 1 aromatic heterocycles. The fraction of sp³-hybridized carbons (Fsp3) is 0.385. The smallest absolute Gasteiger partial charge is 0.316 e. The molecule has 12 heteroatoms. The van der Waals surface area contributed by atoms with Gasteiger partial charge in [-0.05, 0) is 36.1 Å². The van der Waals surface area contributed by atoms with Crippen molar-refractivity contribution in [2.24, 2.45) is 0 Å². The molecule has 1 saturated heterocycles. The minimum atomic E-state index is -3.57. The first-order chi connectivity index (χ1) is 18.1. The molecule has 2 heterocycles. The first kappa shape index (κ1) is 26.3. The van der Waals surface area contributed by atoms with Gasteiger partial charge < -0.3 is 9.64 Å². The standard InChI is InChI=1S/C26H29F2N5O4S/c1-30(2)38(35,36)32-11-9-31(10-12-32)24-17-29-33(22-15-20(27)14-21(28)16-22)26(34)25(24)37-23-8-7-18-5-3-4-6-19(18)13-23/h3-6,14-17,23H,7-13H2,1-2H3. The van der Waals surface area contributed by atoms with Gasteiger partial charge in [0.1, 0.15) is 23.4 Å². The Morgan fingerprint density at radius 2 is 1.66 bits per heavy atom. The molecule has 0 N–H and O–H groups in total. The van der Waals surface area contributed by atoms with Crippen molar-refractivity contribution < 1.29 is 21.9 Å². The molecule has 5 rings (SSSR count). The number of benzene rings is 2. The molecular weight excluding hydrogens is 516 g/mol. The van der Waals surface area contributed by atoms with Crippen molar-refractivity contribution in [3.8, 4) is 11.4 Å². The summed E-state index contributed by atoms with van der Waals surface area (Å²) in [5.74, 6) is -1.64. The first-order valence-corrected chi connectivity index (χ1v) is 13.8. The van der Waals surface area contributed by atoms with Gasteiger partial charge in [0.2, 0.25) is 5.75 Å². The fourth-order valence-electron chi connectivity index (χ4n) is 4.93. The SMILES string of the molecule is CN(C)S(=O)(=O)N1CCN(c2cnn(-c3cc(F)cc(F)c3)c(=O)c2OC2CCc3ccccc3C2)CC1. The minimum Gasteiger partial charge on any atom is -0.483 e. The van der Waals surface area contributed by atoms with Crippen molar-refractivity contribution >= 4 is 15.9 Å². The van der Waals surface area contributed by atoms with Crippen LogP contribution in [0, 0.1) is 11.6 Å². The van der Waals surface area contributed by atoms with Crippen LogP contribution >= 0.6 is 0 Å². The Labute approximate surface area is 220 Å². The van der Waals surface area contributed by atoms with E-state index in [1.807, 2.05) is 23.1 Å². The number of hydrogen-bond acceptors (Lipinski definition) is 6. The predicted octanol–water partition coefficient (Wildman–Crippen LogP) is 2.38. The Morgan fingerprint density at radius 3 is 2.32 bits per heavy atom. The van der Waals surface area contributed by atoms with Crippen molar-refractivity contribution in [2.75, 3.05) is 45.2 Å². The number of fused-ring (bicyclic) bond motifs is 1. The number of ether oxygens (including phenoxy) is 1. The zero-order valence-corrected chi connectivity index (χ0v) is 22.0. The molecule has 38 heavy (non-hydrogen) atoms. The van der Waals surface area contributed by atoms with E-state index >= 15 is 0 Å². The van der Waals surface area contributed by atoms with E-state index in [1.165, 1.54) is 34.5 Å². The van der Waals surface area contributed by atoms with Crippen molar-refractivity contribution in [1.82, 2.24) is 18.4 Å². The average molecular weight is 546 g/mol. The van der Waals surface area contributed by atoms with Crippen LogP contribution in [0.3, 0.4) is 0 Å². The third-order valence-corrected chi connectivity index (χ3v) is 8.90. The lowest BCUT2D eigenvalue weighted by molar-refractivity contribution is 0.181. The highest BCUT2D eigenvalue weighted by atomic mass is 32.2. The quantitative estimate of drug-likeness (QED) is 0.473. The highest BCUT2D eigenvalue weighted by Gasteiger charge is 2.31. The zero-order chi connectivity index (χ0) is 27.0. The summed E-state index contributed by atoms with van der Waals surface area (Å²) < 4.78 is 62.8. The highest BCUT2D eigenvalue weighted by molar-refractivity contribution is 7.86. The van der Waals surface area contributed by atoms with Gasteiger partial charge in [-0.3, -0.25) is 4.79 Å². The van der Waals surface area contributed by atoms with Crippen molar-refractivity contribution in [2.45, 2.75) is 25.4 Å². The summed E-state index contributed by atoms with van der Waals surface area (Å²) in [4.78, 5) is 15.5. The lowest BCUT2D eigenvalue weighted by Crippen LogP contribution is -2.52. The molecule has 3 aromatic rings. The van der Waals surface area contributed by atoms with Gasteiger partial charge >= 0.3 is 5.56 Å². The lowest BCUT2D eigenvalue weighted by atomic mass is 9.90. The Balaban J connectivity index is 1.49. The number of hydrogen-bond donors (Lipinski definition) is 0. The minimum absolute atomic E-state index is 0.0259. The third kappa shape index (κ3) is 5.16. The number of anilines is 1. The number of piperazine rings is 1. The summed E-state index contributed by atoms with van der Waals surface area (Å²) in [7, 11) is -0.608. The van der Waals surface area contributed by atoms with E-state index in [0.29, 0.717) is 31.6 Å². The van der Waals surface area contributed by atoms with Gasteiger partial charge in [0.15, 0.2) is 0 Å². The average Bonchev–Trinajstić information content (AvgIpc) is 2.89. The molecule has 202 valence electrons. The second kappa shape index (κ2) is 10.4. The van der Waals surface area contributed by atoms with Gasteiger partial charge in [-0.15, -0.1) is 0 Å². The summed E-state index contributed by atoms with van der Waals surface area (Å²) in [6.45, 7) is 1.07. The molecule has 0 saturated carbocycles. The van der Waals surface area contributed by atoms with Gasteiger partial charge in [-0.25, -0.2) is 8.78 Å². The van der Waals surface area contributed by atoms with Crippen LogP contribution in [0.2, 0.25) is 0 Å². The van der Waals surface area contributed by atoms with E-state index in [9.17, 15) is 22.0 Å². The molecule has 0 bridgehead atoms. The van der Waals surface area contributed by atoms with E-state index < -0.39 is 27.4 Å². The molecule has 0 radical (unpaired) electrons. The highest BCUT2D eigenvalue weighted by Crippen LogP contribution is 2.30. The Morgan fingerprint density at radius 1 is 1.00 bits per heavy atom. The van der Waals surface area contributed by atoms with E-state index in [0.717, 1.165) is 34.9 Å². The molecule has 1 unspecified atom stereocenters. The normalized spacial score (nSPS) is 18.4. The monoisotopic (exact) mass is 545 g/mol. The van der Waals surface area contributed by atoms with Gasteiger partial charge in [0.05, 0.1) is 11.9 Å². The van der Waals surface area contributed by atoms with E-state index in [4.69, 9.17) is 4.74 Å². The second-order valence-corrected chi connectivity index (χ2v) is 11.8. The number of aryl methyl sites for hydroxylation is 1. The van der Waals surface area contributed by atoms with Crippen molar-refractivity contribution in [1.29, 1.82) is 0 Å². The van der Waals surface area contributed by atoms with Gasteiger partial charge in [-0.2, -0.15) is 26.8 Å². The van der Waals surface area contributed by atoms with Crippen LogP contribution in [0.4, 0.5) is 14.5 Å². The largest absolute Gasteiger partial charge is 0.483 e. The summed E-state index contributed by atoms with van der Waals surface area (Å²) in [6, 6.07) is 10.9. The summed E-state index contributed by atoms with van der Waals surface area (Å²) in [5, 5.41) is 4.20. The molecule has 9 nitrogen and oxygen atoms in total. The fourth-order valence-corrected chi connectivity index (χ4v) is 6.02. The van der Waals surface area contributed by atoms with Crippen LogP contribution < -0.4 is 15.2 Å². The maximum absolute atomic E-state index is 13.9. The zero-order valence-electron chi connectivity index (χ0n) is 21.2. The van der Waals surface area contributed by atoms with Gasteiger partial charge in [0, 0.05) is 52.8 Å². The van der Waals surface area contributed by atoms with Crippen LogP contribution in [0.1, 0.15) is 17.5 Å². The Hall–Kier alpha value is -3.35. The molecular formula is C26H29F2N5O4S. The molecule has 0 spiro atoms. The Kier molecular flexibility index (Phi) is 7.21. The molecule has 2 aliphatic rings. The van der Waals surface area contributed by atoms with Crippen molar-refractivity contribution in [3.63, 3.8) is 0 Å². The topological polar surface area (TPSA) is 88.0 Å². The molecule has 1 fully saturated rings. The molecule has 1 atom stereocenters. The predicted molar refractivity (Wildman–Crippen MR) is 139 cm³/mol. The molecule has 1 aliphatic carbocycles. The van der Waals surface area contributed by atoms with Crippen LogP contribution in [-0.4, -0.2) is 73.2 Å². The van der Waals surface area contributed by atoms with Crippen LogP contribution in [0.5, 0.6) is 5.75 Å². The number of aromatic nitrogens is 2. The van der Waals surface area contributed by atoms with Crippen LogP contribution in [-0.2, 0) is 23.1 Å².